The van der Waals surface area contributed by atoms with E-state index in [1.807, 2.05) is 12.1 Å². The minimum atomic E-state index is 0.137. The van der Waals surface area contributed by atoms with Crippen molar-refractivity contribution in [3.8, 4) is 12.1 Å². The maximum absolute atomic E-state index is 8.90. The van der Waals surface area contributed by atoms with Gasteiger partial charge < -0.3 is 4.57 Å². The Bertz CT molecular complexity index is 600. The van der Waals surface area contributed by atoms with E-state index in [0.29, 0.717) is 11.0 Å². The summed E-state index contributed by atoms with van der Waals surface area (Å²) in [6.07, 6.45) is 3.10. The van der Waals surface area contributed by atoms with Crippen LogP contribution in [0, 0.1) is 22.7 Å². The van der Waals surface area contributed by atoms with Crippen LogP contribution < -0.4 is 0 Å². The largest absolute Gasteiger partial charge is 0.316 e. The van der Waals surface area contributed by atoms with Crippen molar-refractivity contribution in [2.75, 3.05) is 0 Å². The van der Waals surface area contributed by atoms with Gasteiger partial charge in [0.15, 0.2) is 15.9 Å². The van der Waals surface area contributed by atoms with Gasteiger partial charge in [-0.15, -0.1) is 11.3 Å². The van der Waals surface area contributed by atoms with Crippen LogP contribution in [0.15, 0.2) is 12.5 Å². The summed E-state index contributed by atoms with van der Waals surface area (Å²) >= 11 is 7.03. The fourth-order valence-corrected chi connectivity index (χ4v) is 2.20. The lowest BCUT2D eigenvalue weighted by atomic mass is 10.3. The Kier molecular flexibility index (Phi) is 2.86. The standard InChI is InChI=1S/C9H4ClN5S/c10-9-13-3-6(16-9)4-15-5-14-7(1-11)8(15)2-12/h3,5H,4H2. The van der Waals surface area contributed by atoms with Gasteiger partial charge in [-0.2, -0.15) is 10.5 Å². The Hall–Kier alpha value is -1.89. The first-order valence-electron chi connectivity index (χ1n) is 4.20. The van der Waals surface area contributed by atoms with Gasteiger partial charge in [-0.1, -0.05) is 11.6 Å². The number of imidazole rings is 1. The van der Waals surface area contributed by atoms with Crippen LogP contribution >= 0.6 is 22.9 Å². The van der Waals surface area contributed by atoms with Gasteiger partial charge in [0, 0.05) is 11.1 Å². The quantitative estimate of drug-likeness (QED) is 0.813. The molecule has 78 valence electrons. The van der Waals surface area contributed by atoms with E-state index in [2.05, 4.69) is 9.97 Å². The monoisotopic (exact) mass is 249 g/mol. The molecule has 0 aliphatic carbocycles. The molecule has 2 aromatic heterocycles. The van der Waals surface area contributed by atoms with Crippen LogP contribution in [0.3, 0.4) is 0 Å². The van der Waals surface area contributed by atoms with Crippen molar-refractivity contribution in [3.63, 3.8) is 0 Å². The Labute approximate surface area is 100 Å². The lowest BCUT2D eigenvalue weighted by Crippen LogP contribution is -1.99. The third-order valence-corrected chi connectivity index (χ3v) is 3.00. The van der Waals surface area contributed by atoms with Crippen LogP contribution in [-0.2, 0) is 6.54 Å². The number of rotatable bonds is 2. The highest BCUT2D eigenvalue weighted by Gasteiger charge is 2.11. The molecule has 0 saturated heterocycles. The van der Waals surface area contributed by atoms with Gasteiger partial charge in [0.1, 0.15) is 12.1 Å². The molecule has 0 radical (unpaired) electrons. The summed E-state index contributed by atoms with van der Waals surface area (Å²) in [6, 6.07) is 3.82. The smallest absolute Gasteiger partial charge is 0.183 e. The Morgan fingerprint density at radius 3 is 2.75 bits per heavy atom. The van der Waals surface area contributed by atoms with Gasteiger partial charge >= 0.3 is 0 Å². The summed E-state index contributed by atoms with van der Waals surface area (Å²) in [6.45, 7) is 0.446. The second-order valence-electron chi connectivity index (χ2n) is 2.87. The molecule has 0 spiro atoms. The lowest BCUT2D eigenvalue weighted by molar-refractivity contribution is 0.795. The fraction of sp³-hybridized carbons (Fsp3) is 0.111. The Balaban J connectivity index is 2.33. The Morgan fingerprint density at radius 2 is 2.19 bits per heavy atom. The van der Waals surface area contributed by atoms with E-state index >= 15 is 0 Å². The van der Waals surface area contributed by atoms with Crippen molar-refractivity contribution >= 4 is 22.9 Å². The molecular weight excluding hydrogens is 246 g/mol. The summed E-state index contributed by atoms with van der Waals surface area (Å²) in [5, 5.41) is 17.6. The highest BCUT2D eigenvalue weighted by molar-refractivity contribution is 7.15. The topological polar surface area (TPSA) is 78.3 Å². The molecule has 0 saturated carbocycles. The second-order valence-corrected chi connectivity index (χ2v) is 4.57. The zero-order valence-electron chi connectivity index (χ0n) is 7.88. The van der Waals surface area contributed by atoms with E-state index in [1.165, 1.54) is 17.7 Å². The van der Waals surface area contributed by atoms with E-state index in [1.54, 1.807) is 10.8 Å². The molecule has 0 amide bonds. The van der Waals surface area contributed by atoms with E-state index in [9.17, 15) is 0 Å². The summed E-state index contributed by atoms with van der Waals surface area (Å²) in [5.41, 5.74) is 0.394. The first-order chi connectivity index (χ1) is 7.74. The van der Waals surface area contributed by atoms with Crippen LogP contribution in [0.25, 0.3) is 0 Å². The first-order valence-corrected chi connectivity index (χ1v) is 5.39. The zero-order valence-corrected chi connectivity index (χ0v) is 9.46. The van der Waals surface area contributed by atoms with E-state index < -0.39 is 0 Å². The molecular formula is C9H4ClN5S. The van der Waals surface area contributed by atoms with Crippen molar-refractivity contribution in [2.45, 2.75) is 6.54 Å². The van der Waals surface area contributed by atoms with Gasteiger partial charge in [0.25, 0.3) is 0 Å². The van der Waals surface area contributed by atoms with Gasteiger partial charge in [-0.3, -0.25) is 0 Å². The van der Waals surface area contributed by atoms with E-state index in [0.717, 1.165) is 4.88 Å². The average Bonchev–Trinajstić information content (AvgIpc) is 2.85. The van der Waals surface area contributed by atoms with Crippen LogP contribution in [0.4, 0.5) is 0 Å². The Morgan fingerprint density at radius 1 is 1.38 bits per heavy atom. The van der Waals surface area contributed by atoms with Gasteiger partial charge in [0.2, 0.25) is 0 Å². The van der Waals surface area contributed by atoms with Crippen LogP contribution in [0.1, 0.15) is 16.3 Å². The molecule has 0 atom stereocenters. The highest BCUT2D eigenvalue weighted by atomic mass is 35.5. The number of hydrogen-bond acceptors (Lipinski definition) is 5. The van der Waals surface area contributed by atoms with Crippen LogP contribution in [0.2, 0.25) is 4.47 Å². The van der Waals surface area contributed by atoms with E-state index in [-0.39, 0.29) is 11.4 Å². The molecule has 0 bridgehead atoms. The van der Waals surface area contributed by atoms with Crippen molar-refractivity contribution < 1.29 is 0 Å². The van der Waals surface area contributed by atoms with Crippen molar-refractivity contribution in [1.29, 1.82) is 10.5 Å². The predicted octanol–water partition coefficient (Wildman–Crippen LogP) is 1.78. The summed E-state index contributed by atoms with van der Waals surface area (Å²) in [4.78, 5) is 8.64. The molecule has 0 N–H and O–H groups in total. The van der Waals surface area contributed by atoms with Gasteiger partial charge in [-0.05, 0) is 0 Å². The molecule has 0 aliphatic heterocycles. The molecule has 5 nitrogen and oxygen atoms in total. The molecule has 16 heavy (non-hydrogen) atoms. The van der Waals surface area contributed by atoms with Gasteiger partial charge in [0.05, 0.1) is 12.9 Å². The first kappa shape index (κ1) is 10.6. The average molecular weight is 250 g/mol. The predicted molar refractivity (Wildman–Crippen MR) is 57.9 cm³/mol. The molecule has 2 aromatic rings. The third-order valence-electron chi connectivity index (χ3n) is 1.90. The number of aromatic nitrogens is 3. The number of halogens is 1. The molecule has 0 unspecified atom stereocenters. The molecule has 2 heterocycles. The minimum Gasteiger partial charge on any atom is -0.316 e. The number of hydrogen-bond donors (Lipinski definition) is 0. The number of thiazole rings is 1. The zero-order chi connectivity index (χ0) is 11.5. The molecule has 0 fully saturated rings. The maximum atomic E-state index is 8.90. The lowest BCUT2D eigenvalue weighted by Gasteiger charge is -1.99. The second kappa shape index (κ2) is 4.31. The molecule has 0 aromatic carbocycles. The van der Waals surface area contributed by atoms with E-state index in [4.69, 9.17) is 22.1 Å². The fourth-order valence-electron chi connectivity index (χ4n) is 1.23. The number of nitrogens with zero attached hydrogens (tertiary/aromatic N) is 5. The molecule has 7 heteroatoms. The van der Waals surface area contributed by atoms with Crippen molar-refractivity contribution in [1.82, 2.24) is 14.5 Å². The third kappa shape index (κ3) is 1.89. The number of nitriles is 2. The summed E-state index contributed by atoms with van der Waals surface area (Å²) in [7, 11) is 0. The summed E-state index contributed by atoms with van der Waals surface area (Å²) in [5.74, 6) is 0. The van der Waals surface area contributed by atoms with Crippen molar-refractivity contribution in [3.05, 3.63) is 33.3 Å². The van der Waals surface area contributed by atoms with Crippen LogP contribution in [0.5, 0.6) is 0 Å². The normalized spacial score (nSPS) is 9.69. The van der Waals surface area contributed by atoms with Crippen molar-refractivity contribution in [2.24, 2.45) is 0 Å². The SMILES string of the molecule is N#Cc1ncn(Cc2cnc(Cl)s2)c1C#N. The molecule has 2 rings (SSSR count). The highest BCUT2D eigenvalue weighted by Crippen LogP contribution is 2.19. The van der Waals surface area contributed by atoms with Crippen LogP contribution in [-0.4, -0.2) is 14.5 Å². The molecule has 0 aliphatic rings. The minimum absolute atomic E-state index is 0.137. The summed E-state index contributed by atoms with van der Waals surface area (Å²) < 4.78 is 2.05. The van der Waals surface area contributed by atoms with Gasteiger partial charge in [-0.25, -0.2) is 9.97 Å². The maximum Gasteiger partial charge on any atom is 0.183 e.